The molecule has 7 heteroatoms. The fourth-order valence-electron chi connectivity index (χ4n) is 3.20. The molecule has 138 valence electrons. The van der Waals surface area contributed by atoms with Crippen molar-refractivity contribution in [1.29, 1.82) is 0 Å². The van der Waals surface area contributed by atoms with Gasteiger partial charge in [0.15, 0.2) is 0 Å². The van der Waals surface area contributed by atoms with Gasteiger partial charge in [0.2, 0.25) is 0 Å². The summed E-state index contributed by atoms with van der Waals surface area (Å²) in [7, 11) is 0. The van der Waals surface area contributed by atoms with Gasteiger partial charge in [-0.1, -0.05) is 43.6 Å². The van der Waals surface area contributed by atoms with E-state index in [1.165, 1.54) is 0 Å². The van der Waals surface area contributed by atoms with Crippen molar-refractivity contribution in [3.63, 3.8) is 0 Å². The van der Waals surface area contributed by atoms with Gasteiger partial charge >= 0.3 is 0 Å². The Morgan fingerprint density at radius 1 is 1.15 bits per heavy atom. The summed E-state index contributed by atoms with van der Waals surface area (Å²) in [6.45, 7) is 6.74. The van der Waals surface area contributed by atoms with Crippen LogP contribution in [0, 0.1) is 12.8 Å². The molecule has 6 nitrogen and oxygen atoms in total. The van der Waals surface area contributed by atoms with Crippen molar-refractivity contribution in [3.8, 4) is 11.3 Å². The zero-order valence-corrected chi connectivity index (χ0v) is 16.2. The Hall–Kier alpha value is -2.73. The van der Waals surface area contributed by atoms with E-state index in [1.54, 1.807) is 28.3 Å². The van der Waals surface area contributed by atoms with Gasteiger partial charge in [-0.3, -0.25) is 4.79 Å². The summed E-state index contributed by atoms with van der Waals surface area (Å²) in [5, 5.41) is 5.52. The van der Waals surface area contributed by atoms with Crippen LogP contribution in [-0.2, 0) is 6.54 Å². The van der Waals surface area contributed by atoms with Gasteiger partial charge in [-0.05, 0) is 31.4 Å². The van der Waals surface area contributed by atoms with E-state index in [0.717, 1.165) is 12.0 Å². The monoisotopic (exact) mass is 381 g/mol. The Bertz CT molecular complexity index is 1210. The van der Waals surface area contributed by atoms with Gasteiger partial charge in [0.05, 0.1) is 16.6 Å². The summed E-state index contributed by atoms with van der Waals surface area (Å²) in [6, 6.07) is 9.31. The number of benzene rings is 1. The number of halogens is 1. The average Bonchev–Trinajstić information content (AvgIpc) is 3.00. The van der Waals surface area contributed by atoms with E-state index in [0.29, 0.717) is 45.7 Å². The molecule has 0 spiro atoms. The molecular weight excluding hydrogens is 362 g/mol. The van der Waals surface area contributed by atoms with Crippen molar-refractivity contribution in [2.45, 2.75) is 33.7 Å². The molecule has 3 aromatic heterocycles. The number of fused-ring (bicyclic) bond motifs is 2. The third-order valence-corrected chi connectivity index (χ3v) is 4.91. The molecule has 0 aliphatic rings. The van der Waals surface area contributed by atoms with Gasteiger partial charge in [-0.25, -0.2) is 4.98 Å². The molecule has 4 rings (SSSR count). The van der Waals surface area contributed by atoms with Gasteiger partial charge < -0.3 is 4.57 Å². The fourth-order valence-corrected chi connectivity index (χ4v) is 3.42. The lowest BCUT2D eigenvalue weighted by Gasteiger charge is -2.13. The van der Waals surface area contributed by atoms with E-state index in [-0.39, 0.29) is 5.56 Å². The van der Waals surface area contributed by atoms with Crippen molar-refractivity contribution in [2.75, 3.05) is 0 Å². The molecule has 3 heterocycles. The third-order valence-electron chi connectivity index (χ3n) is 4.58. The number of pyridine rings is 1. The zero-order chi connectivity index (χ0) is 19.1. The number of hydrogen-bond donors (Lipinski definition) is 0. The van der Waals surface area contributed by atoms with Crippen molar-refractivity contribution in [2.24, 2.45) is 5.92 Å². The van der Waals surface area contributed by atoms with Gasteiger partial charge in [-0.15, -0.1) is 5.10 Å². The Labute approximate surface area is 161 Å². The number of aryl methyl sites for hydroxylation is 2. The van der Waals surface area contributed by atoms with Crippen molar-refractivity contribution >= 4 is 28.3 Å². The quantitative estimate of drug-likeness (QED) is 0.533. The highest BCUT2D eigenvalue weighted by molar-refractivity contribution is 6.33. The number of rotatable bonds is 4. The summed E-state index contributed by atoms with van der Waals surface area (Å²) in [4.78, 5) is 22.2. The van der Waals surface area contributed by atoms with E-state index in [4.69, 9.17) is 11.6 Å². The topological polar surface area (TPSA) is 65.1 Å². The normalized spacial score (nSPS) is 11.7. The number of nitrogens with zero attached hydrogens (tertiary/aromatic N) is 5. The lowest BCUT2D eigenvalue weighted by atomic mass is 10.1. The summed E-state index contributed by atoms with van der Waals surface area (Å²) in [5.74, 6) is 1.55. The SMILES string of the molecule is Cc1nc2nc3ccn(CCC(C)C)c(=O)c3c(-c3ccccc3Cl)n2n1. The van der Waals surface area contributed by atoms with Gasteiger partial charge in [-0.2, -0.15) is 9.50 Å². The largest absolute Gasteiger partial charge is 0.315 e. The molecule has 0 aliphatic carbocycles. The maximum atomic E-state index is 13.3. The Kier molecular flexibility index (Phi) is 4.44. The highest BCUT2D eigenvalue weighted by Gasteiger charge is 2.19. The molecule has 1 aromatic carbocycles. The first kappa shape index (κ1) is 17.7. The van der Waals surface area contributed by atoms with Crippen LogP contribution in [0.2, 0.25) is 5.02 Å². The lowest BCUT2D eigenvalue weighted by molar-refractivity contribution is 0.509. The summed E-state index contributed by atoms with van der Waals surface area (Å²) in [6.07, 6.45) is 2.72. The van der Waals surface area contributed by atoms with Crippen LogP contribution in [0.25, 0.3) is 27.9 Å². The maximum Gasteiger partial charge on any atom is 0.262 e. The average molecular weight is 382 g/mol. The van der Waals surface area contributed by atoms with Crippen molar-refractivity contribution in [3.05, 3.63) is 57.7 Å². The second kappa shape index (κ2) is 6.78. The molecule has 0 unspecified atom stereocenters. The summed E-state index contributed by atoms with van der Waals surface area (Å²) >= 11 is 6.47. The Morgan fingerprint density at radius 2 is 1.93 bits per heavy atom. The van der Waals surface area contributed by atoms with E-state index < -0.39 is 0 Å². The van der Waals surface area contributed by atoms with E-state index >= 15 is 0 Å². The number of hydrogen-bond acceptors (Lipinski definition) is 4. The predicted octanol–water partition coefficient (Wildman–Crippen LogP) is 4.11. The van der Waals surface area contributed by atoms with E-state index in [2.05, 4.69) is 28.9 Å². The molecule has 0 saturated heterocycles. The first-order valence-corrected chi connectivity index (χ1v) is 9.35. The summed E-state index contributed by atoms with van der Waals surface area (Å²) in [5.41, 5.74) is 1.87. The second-order valence-electron chi connectivity index (χ2n) is 7.07. The van der Waals surface area contributed by atoms with Crippen molar-refractivity contribution in [1.82, 2.24) is 24.1 Å². The highest BCUT2D eigenvalue weighted by atomic mass is 35.5. The minimum Gasteiger partial charge on any atom is -0.315 e. The molecule has 0 bridgehead atoms. The molecular formula is C20H20ClN5O. The molecule has 0 atom stereocenters. The molecule has 27 heavy (non-hydrogen) atoms. The maximum absolute atomic E-state index is 13.3. The first-order valence-electron chi connectivity index (χ1n) is 8.97. The predicted molar refractivity (Wildman–Crippen MR) is 107 cm³/mol. The summed E-state index contributed by atoms with van der Waals surface area (Å²) < 4.78 is 3.35. The number of aromatic nitrogens is 5. The van der Waals surface area contributed by atoms with Crippen molar-refractivity contribution < 1.29 is 0 Å². The van der Waals surface area contributed by atoms with Gasteiger partial charge in [0.1, 0.15) is 5.82 Å². The molecule has 4 aromatic rings. The van der Waals surface area contributed by atoms with Gasteiger partial charge in [0, 0.05) is 23.3 Å². The Morgan fingerprint density at radius 3 is 2.67 bits per heavy atom. The zero-order valence-electron chi connectivity index (χ0n) is 15.5. The van der Waals surface area contributed by atoms with Crippen LogP contribution in [0.3, 0.4) is 0 Å². The first-order chi connectivity index (χ1) is 13.0. The third kappa shape index (κ3) is 3.10. The minimum absolute atomic E-state index is 0.0920. The van der Waals surface area contributed by atoms with Crippen LogP contribution in [0.4, 0.5) is 0 Å². The second-order valence-corrected chi connectivity index (χ2v) is 7.48. The highest BCUT2D eigenvalue weighted by Crippen LogP contribution is 2.31. The molecule has 0 N–H and O–H groups in total. The van der Waals surface area contributed by atoms with Crippen LogP contribution in [0.5, 0.6) is 0 Å². The molecule has 0 fully saturated rings. The van der Waals surface area contributed by atoms with Crippen LogP contribution >= 0.6 is 11.6 Å². The van der Waals surface area contributed by atoms with E-state index in [1.807, 2.05) is 24.3 Å². The fraction of sp³-hybridized carbons (Fsp3) is 0.300. The van der Waals surface area contributed by atoms with Gasteiger partial charge in [0.25, 0.3) is 11.3 Å². The minimum atomic E-state index is -0.0920. The molecule has 0 radical (unpaired) electrons. The Balaban J connectivity index is 2.10. The molecule has 0 amide bonds. The van der Waals surface area contributed by atoms with Crippen LogP contribution in [0.15, 0.2) is 41.3 Å². The molecule has 0 saturated carbocycles. The van der Waals surface area contributed by atoms with Crippen LogP contribution < -0.4 is 5.56 Å². The van der Waals surface area contributed by atoms with Crippen LogP contribution in [0.1, 0.15) is 26.1 Å². The smallest absolute Gasteiger partial charge is 0.262 e. The van der Waals surface area contributed by atoms with Crippen LogP contribution in [-0.4, -0.2) is 24.1 Å². The van der Waals surface area contributed by atoms with E-state index in [9.17, 15) is 4.79 Å². The molecule has 0 aliphatic heterocycles. The standard InChI is InChI=1S/C20H20ClN5O/c1-12(2)8-10-25-11-9-16-17(19(25)27)18(14-6-4-5-7-15(14)21)26-20(23-16)22-13(3)24-26/h4-7,9,11-12H,8,10H2,1-3H3. The lowest BCUT2D eigenvalue weighted by Crippen LogP contribution is -2.22.